The molecule has 5 heteroatoms. The van der Waals surface area contributed by atoms with Crippen molar-refractivity contribution in [3.63, 3.8) is 0 Å². The lowest BCUT2D eigenvalue weighted by atomic mass is 10.0. The highest BCUT2D eigenvalue weighted by Crippen LogP contribution is 2.19. The van der Waals surface area contributed by atoms with Crippen LogP contribution in [0.5, 0.6) is 5.75 Å². The second kappa shape index (κ2) is 5.52. The van der Waals surface area contributed by atoms with Crippen LogP contribution in [-0.4, -0.2) is 23.7 Å². The molecular formula is C13H16N2O3. The normalized spacial score (nSPS) is 10.8. The van der Waals surface area contributed by atoms with Gasteiger partial charge >= 0.3 is 5.97 Å². The first-order valence-corrected chi connectivity index (χ1v) is 5.46. The number of nitrogens with one attached hydrogen (secondary N) is 1. The zero-order valence-electron chi connectivity index (χ0n) is 10.7. The van der Waals surface area contributed by atoms with Crippen LogP contribution in [0.25, 0.3) is 0 Å². The summed E-state index contributed by atoms with van der Waals surface area (Å²) in [5, 5.41) is 20.8. The van der Waals surface area contributed by atoms with Gasteiger partial charge in [0.05, 0.1) is 12.7 Å². The van der Waals surface area contributed by atoms with Gasteiger partial charge in [0.2, 0.25) is 0 Å². The first kappa shape index (κ1) is 14.0. The average molecular weight is 248 g/mol. The van der Waals surface area contributed by atoms with Gasteiger partial charge in [0.1, 0.15) is 17.4 Å². The van der Waals surface area contributed by atoms with Gasteiger partial charge < -0.3 is 9.84 Å². The van der Waals surface area contributed by atoms with E-state index in [9.17, 15) is 4.79 Å². The van der Waals surface area contributed by atoms with Crippen molar-refractivity contribution in [3.05, 3.63) is 29.3 Å². The lowest BCUT2D eigenvalue weighted by Gasteiger charge is -2.21. The molecule has 0 radical (unpaired) electrons. The molecule has 0 aliphatic carbocycles. The third-order valence-corrected chi connectivity index (χ3v) is 2.65. The van der Waals surface area contributed by atoms with E-state index < -0.39 is 11.5 Å². The summed E-state index contributed by atoms with van der Waals surface area (Å²) >= 11 is 0. The predicted molar refractivity (Wildman–Crippen MR) is 66.3 cm³/mol. The molecule has 0 amide bonds. The Morgan fingerprint density at radius 3 is 2.72 bits per heavy atom. The second-order valence-corrected chi connectivity index (χ2v) is 4.43. The Hall–Kier alpha value is -2.06. The van der Waals surface area contributed by atoms with Crippen molar-refractivity contribution in [2.45, 2.75) is 25.9 Å². The van der Waals surface area contributed by atoms with E-state index in [2.05, 4.69) is 5.32 Å². The number of hydrogen-bond donors (Lipinski definition) is 2. The number of hydrogen-bond acceptors (Lipinski definition) is 4. The number of nitriles is 1. The monoisotopic (exact) mass is 248 g/mol. The van der Waals surface area contributed by atoms with E-state index in [4.69, 9.17) is 15.1 Å². The van der Waals surface area contributed by atoms with E-state index in [0.29, 0.717) is 17.9 Å². The molecule has 0 saturated carbocycles. The molecule has 0 fully saturated rings. The molecule has 0 aromatic heterocycles. The fourth-order valence-electron chi connectivity index (χ4n) is 1.35. The minimum absolute atomic E-state index is 0.373. The molecule has 0 heterocycles. The molecule has 1 aromatic carbocycles. The van der Waals surface area contributed by atoms with Crippen molar-refractivity contribution >= 4 is 5.97 Å². The molecule has 1 aromatic rings. The molecule has 0 saturated heterocycles. The van der Waals surface area contributed by atoms with E-state index in [1.165, 1.54) is 7.11 Å². The van der Waals surface area contributed by atoms with Gasteiger partial charge in [0.15, 0.2) is 0 Å². The number of benzene rings is 1. The number of carboxylic acid groups (broad SMARTS) is 1. The number of ether oxygens (including phenoxy) is 1. The van der Waals surface area contributed by atoms with E-state index in [0.717, 1.165) is 5.56 Å². The number of methoxy groups -OCH3 is 1. The van der Waals surface area contributed by atoms with Gasteiger partial charge in [-0.3, -0.25) is 10.1 Å². The summed E-state index contributed by atoms with van der Waals surface area (Å²) in [6, 6.07) is 7.22. The summed E-state index contributed by atoms with van der Waals surface area (Å²) in [4.78, 5) is 10.9. The SMILES string of the molecule is COc1ccc(CNC(C)(C)C(=O)O)cc1C#N. The molecule has 0 unspecified atom stereocenters. The molecule has 5 nitrogen and oxygen atoms in total. The lowest BCUT2D eigenvalue weighted by molar-refractivity contribution is -0.143. The quantitative estimate of drug-likeness (QED) is 0.825. The Labute approximate surface area is 106 Å². The fraction of sp³-hybridized carbons (Fsp3) is 0.385. The highest BCUT2D eigenvalue weighted by Gasteiger charge is 2.25. The standard InChI is InChI=1S/C13H16N2O3/c1-13(2,12(16)17)15-8-9-4-5-11(18-3)10(6-9)7-14/h4-6,15H,8H2,1-3H3,(H,16,17). The maximum atomic E-state index is 10.9. The number of nitrogens with zero attached hydrogens (tertiary/aromatic N) is 1. The number of carbonyl (C=O) groups is 1. The molecule has 0 spiro atoms. The van der Waals surface area contributed by atoms with Gasteiger partial charge in [-0.05, 0) is 31.5 Å². The molecule has 0 bridgehead atoms. The maximum absolute atomic E-state index is 10.9. The van der Waals surface area contributed by atoms with E-state index in [1.807, 2.05) is 6.07 Å². The van der Waals surface area contributed by atoms with Crippen LogP contribution in [0, 0.1) is 11.3 Å². The highest BCUT2D eigenvalue weighted by atomic mass is 16.5. The summed E-state index contributed by atoms with van der Waals surface area (Å²) in [6.07, 6.45) is 0. The number of aliphatic carboxylic acids is 1. The Morgan fingerprint density at radius 2 is 2.22 bits per heavy atom. The van der Waals surface area contributed by atoms with Gasteiger partial charge in [0, 0.05) is 6.54 Å². The zero-order valence-corrected chi connectivity index (χ0v) is 10.7. The predicted octanol–water partition coefficient (Wildman–Crippen LogP) is 1.52. The molecule has 18 heavy (non-hydrogen) atoms. The number of rotatable bonds is 5. The summed E-state index contributed by atoms with van der Waals surface area (Å²) in [6.45, 7) is 3.55. The average Bonchev–Trinajstić information content (AvgIpc) is 2.35. The smallest absolute Gasteiger partial charge is 0.323 e. The summed E-state index contributed by atoms with van der Waals surface area (Å²) in [7, 11) is 1.50. The third kappa shape index (κ3) is 3.22. The topological polar surface area (TPSA) is 82.3 Å². The molecule has 0 aliphatic heterocycles. The second-order valence-electron chi connectivity index (χ2n) is 4.43. The molecule has 96 valence electrons. The van der Waals surface area contributed by atoms with Crippen LogP contribution < -0.4 is 10.1 Å². The van der Waals surface area contributed by atoms with Gasteiger partial charge in [-0.2, -0.15) is 5.26 Å². The first-order chi connectivity index (χ1) is 8.40. The molecular weight excluding hydrogens is 232 g/mol. The Balaban J connectivity index is 2.82. The van der Waals surface area contributed by atoms with Crippen LogP contribution in [0.3, 0.4) is 0 Å². The molecule has 2 N–H and O–H groups in total. The lowest BCUT2D eigenvalue weighted by Crippen LogP contribution is -2.46. The van der Waals surface area contributed by atoms with Crippen LogP contribution in [-0.2, 0) is 11.3 Å². The largest absolute Gasteiger partial charge is 0.495 e. The van der Waals surface area contributed by atoms with Crippen molar-refractivity contribution in [1.82, 2.24) is 5.32 Å². The maximum Gasteiger partial charge on any atom is 0.323 e. The van der Waals surface area contributed by atoms with Gasteiger partial charge in [-0.1, -0.05) is 6.07 Å². The Bertz CT molecular complexity index is 489. The Kier molecular flexibility index (Phi) is 4.29. The minimum atomic E-state index is -1.01. The van der Waals surface area contributed by atoms with Crippen molar-refractivity contribution < 1.29 is 14.6 Å². The van der Waals surface area contributed by atoms with Gasteiger partial charge in [0.25, 0.3) is 0 Å². The van der Waals surface area contributed by atoms with Crippen LogP contribution in [0.1, 0.15) is 25.0 Å². The molecule has 1 rings (SSSR count). The summed E-state index contributed by atoms with van der Waals surface area (Å²) in [5.74, 6) is -0.407. The highest BCUT2D eigenvalue weighted by molar-refractivity contribution is 5.77. The summed E-state index contributed by atoms with van der Waals surface area (Å²) in [5.41, 5.74) is 0.263. The molecule has 0 aliphatic rings. The van der Waals surface area contributed by atoms with Gasteiger partial charge in [-0.15, -0.1) is 0 Å². The zero-order chi connectivity index (χ0) is 13.8. The molecule has 0 atom stereocenters. The van der Waals surface area contributed by atoms with E-state index >= 15 is 0 Å². The van der Waals surface area contributed by atoms with Crippen LogP contribution in [0.15, 0.2) is 18.2 Å². The van der Waals surface area contributed by atoms with E-state index in [1.54, 1.807) is 32.0 Å². The van der Waals surface area contributed by atoms with Gasteiger partial charge in [-0.25, -0.2) is 0 Å². The van der Waals surface area contributed by atoms with Crippen LogP contribution in [0.4, 0.5) is 0 Å². The van der Waals surface area contributed by atoms with Crippen LogP contribution >= 0.6 is 0 Å². The fourth-order valence-corrected chi connectivity index (χ4v) is 1.35. The van der Waals surface area contributed by atoms with Crippen molar-refractivity contribution in [2.75, 3.05) is 7.11 Å². The minimum Gasteiger partial charge on any atom is -0.495 e. The van der Waals surface area contributed by atoms with Crippen LogP contribution in [0.2, 0.25) is 0 Å². The first-order valence-electron chi connectivity index (χ1n) is 5.46. The third-order valence-electron chi connectivity index (χ3n) is 2.65. The van der Waals surface area contributed by atoms with Crippen molar-refractivity contribution in [3.8, 4) is 11.8 Å². The van der Waals surface area contributed by atoms with Crippen molar-refractivity contribution in [1.29, 1.82) is 5.26 Å². The summed E-state index contributed by atoms with van der Waals surface area (Å²) < 4.78 is 5.04. The van der Waals surface area contributed by atoms with E-state index in [-0.39, 0.29) is 0 Å². The number of carboxylic acids is 1. The van der Waals surface area contributed by atoms with Crippen molar-refractivity contribution in [2.24, 2.45) is 0 Å². The Morgan fingerprint density at radius 1 is 1.56 bits per heavy atom.